The van der Waals surface area contributed by atoms with Crippen LogP contribution in [0.4, 0.5) is 0 Å². The van der Waals surface area contributed by atoms with E-state index in [9.17, 15) is 9.59 Å². The van der Waals surface area contributed by atoms with Gasteiger partial charge in [0.25, 0.3) is 0 Å². The highest BCUT2D eigenvalue weighted by Crippen LogP contribution is 2.33. The number of amides is 1. The summed E-state index contributed by atoms with van der Waals surface area (Å²) in [5, 5.41) is 12.2. The lowest BCUT2D eigenvalue weighted by molar-refractivity contribution is -0.141. The first-order valence-corrected chi connectivity index (χ1v) is 8.58. The van der Waals surface area contributed by atoms with Crippen LogP contribution >= 0.6 is 0 Å². The molecule has 4 nitrogen and oxygen atoms in total. The molecule has 1 aliphatic carbocycles. The number of nitrogens with one attached hydrogen (secondary N) is 1. The largest absolute Gasteiger partial charge is 0.481 e. The van der Waals surface area contributed by atoms with Crippen LogP contribution in [0.3, 0.4) is 0 Å². The molecule has 1 saturated carbocycles. The third kappa shape index (κ3) is 3.92. The molecule has 0 radical (unpaired) electrons. The maximum Gasteiger partial charge on any atom is 0.306 e. The van der Waals surface area contributed by atoms with Gasteiger partial charge < -0.3 is 10.4 Å². The smallest absolute Gasteiger partial charge is 0.306 e. The number of carbonyl (C=O) groups is 2. The summed E-state index contributed by atoms with van der Waals surface area (Å²) in [6.07, 6.45) is 3.67. The lowest BCUT2D eigenvalue weighted by Crippen LogP contribution is -2.42. The standard InChI is InChI=1S/C19H27NO3/c1-3-19(4-2,16-8-6-5-7-9-16)13-20-17(21)14-10-11-15(12-14)18(22)23/h5-9,14-15H,3-4,10-13H2,1-2H3,(H,20,21)(H,22,23)/t14-,15+/m1/s1. The highest BCUT2D eigenvalue weighted by Gasteiger charge is 2.35. The molecule has 1 aliphatic rings. The molecule has 1 amide bonds. The molecule has 23 heavy (non-hydrogen) atoms. The van der Waals surface area contributed by atoms with E-state index in [1.807, 2.05) is 18.2 Å². The van der Waals surface area contributed by atoms with Crippen LogP contribution < -0.4 is 5.32 Å². The normalized spacial score (nSPS) is 21.1. The first kappa shape index (κ1) is 17.5. The van der Waals surface area contributed by atoms with E-state index in [2.05, 4.69) is 31.3 Å². The zero-order valence-corrected chi connectivity index (χ0v) is 14.0. The van der Waals surface area contributed by atoms with Gasteiger partial charge in [-0.1, -0.05) is 44.2 Å². The third-order valence-corrected chi connectivity index (χ3v) is 5.49. The number of benzene rings is 1. The quantitative estimate of drug-likeness (QED) is 0.810. The summed E-state index contributed by atoms with van der Waals surface area (Å²) >= 11 is 0. The summed E-state index contributed by atoms with van der Waals surface area (Å²) in [6.45, 7) is 4.91. The summed E-state index contributed by atoms with van der Waals surface area (Å²) in [4.78, 5) is 23.5. The molecule has 2 N–H and O–H groups in total. The molecule has 1 fully saturated rings. The van der Waals surface area contributed by atoms with Crippen molar-refractivity contribution < 1.29 is 14.7 Å². The second-order valence-electron chi connectivity index (χ2n) is 6.62. The van der Waals surface area contributed by atoms with E-state index in [1.54, 1.807) is 0 Å². The molecule has 1 aromatic carbocycles. The Balaban J connectivity index is 2.00. The molecule has 4 heteroatoms. The van der Waals surface area contributed by atoms with Crippen molar-refractivity contribution in [2.24, 2.45) is 11.8 Å². The van der Waals surface area contributed by atoms with E-state index in [0.29, 0.717) is 25.8 Å². The monoisotopic (exact) mass is 317 g/mol. The van der Waals surface area contributed by atoms with E-state index in [4.69, 9.17) is 5.11 Å². The van der Waals surface area contributed by atoms with Gasteiger partial charge in [0.15, 0.2) is 0 Å². The molecule has 126 valence electrons. The minimum atomic E-state index is -0.777. The van der Waals surface area contributed by atoms with Crippen molar-refractivity contribution in [2.45, 2.75) is 51.4 Å². The van der Waals surface area contributed by atoms with Crippen molar-refractivity contribution in [3.05, 3.63) is 35.9 Å². The Labute approximate surface area is 138 Å². The Kier molecular flexibility index (Phi) is 5.80. The predicted molar refractivity (Wildman–Crippen MR) is 90.2 cm³/mol. The van der Waals surface area contributed by atoms with Gasteiger partial charge in [0.05, 0.1) is 5.92 Å². The average molecular weight is 317 g/mol. The van der Waals surface area contributed by atoms with Gasteiger partial charge in [-0.25, -0.2) is 0 Å². The SMILES string of the molecule is CCC(CC)(CNC(=O)[C@@H]1CC[C@H](C(=O)O)C1)c1ccccc1. The lowest BCUT2D eigenvalue weighted by atomic mass is 9.75. The number of carboxylic acid groups (broad SMARTS) is 1. The van der Waals surface area contributed by atoms with Crippen molar-refractivity contribution in [3.8, 4) is 0 Å². The fourth-order valence-electron chi connectivity index (χ4n) is 3.65. The second-order valence-corrected chi connectivity index (χ2v) is 6.62. The predicted octanol–water partition coefficient (Wildman–Crippen LogP) is 3.36. The Hall–Kier alpha value is -1.84. The molecule has 0 heterocycles. The van der Waals surface area contributed by atoms with Crippen LogP contribution in [0.25, 0.3) is 0 Å². The summed E-state index contributed by atoms with van der Waals surface area (Å²) < 4.78 is 0. The van der Waals surface area contributed by atoms with Crippen LogP contribution in [0.5, 0.6) is 0 Å². The number of aliphatic carboxylic acids is 1. The summed E-state index contributed by atoms with van der Waals surface area (Å²) in [7, 11) is 0. The maximum absolute atomic E-state index is 12.4. The average Bonchev–Trinajstić information content (AvgIpc) is 3.07. The fraction of sp³-hybridized carbons (Fsp3) is 0.579. The van der Waals surface area contributed by atoms with E-state index in [0.717, 1.165) is 12.8 Å². The molecular weight excluding hydrogens is 290 g/mol. The van der Waals surface area contributed by atoms with Gasteiger partial charge in [-0.15, -0.1) is 0 Å². The fourth-order valence-corrected chi connectivity index (χ4v) is 3.65. The number of hydrogen-bond acceptors (Lipinski definition) is 2. The first-order valence-electron chi connectivity index (χ1n) is 8.58. The van der Waals surface area contributed by atoms with Gasteiger partial charge in [-0.2, -0.15) is 0 Å². The van der Waals surface area contributed by atoms with Gasteiger partial charge >= 0.3 is 5.97 Å². The molecule has 0 bridgehead atoms. The number of carboxylic acids is 1. The third-order valence-electron chi connectivity index (χ3n) is 5.49. The highest BCUT2D eigenvalue weighted by molar-refractivity contribution is 5.81. The van der Waals surface area contributed by atoms with Crippen LogP contribution in [0, 0.1) is 11.8 Å². The van der Waals surface area contributed by atoms with Crippen molar-refractivity contribution >= 4 is 11.9 Å². The van der Waals surface area contributed by atoms with Gasteiger partial charge in [-0.05, 0) is 37.7 Å². The summed E-state index contributed by atoms with van der Waals surface area (Å²) in [5.74, 6) is -1.28. The molecule has 2 rings (SSSR count). The van der Waals surface area contributed by atoms with Crippen LogP contribution in [0.1, 0.15) is 51.5 Å². The van der Waals surface area contributed by atoms with E-state index < -0.39 is 5.97 Å². The Morgan fingerprint density at radius 1 is 1.13 bits per heavy atom. The molecular formula is C19H27NO3. The maximum atomic E-state index is 12.4. The number of hydrogen-bond donors (Lipinski definition) is 2. The van der Waals surface area contributed by atoms with Crippen LogP contribution in [0.2, 0.25) is 0 Å². The van der Waals surface area contributed by atoms with E-state index in [-0.39, 0.29) is 23.2 Å². The highest BCUT2D eigenvalue weighted by atomic mass is 16.4. The Morgan fingerprint density at radius 2 is 1.74 bits per heavy atom. The van der Waals surface area contributed by atoms with Crippen molar-refractivity contribution in [2.75, 3.05) is 6.54 Å². The molecule has 0 unspecified atom stereocenters. The van der Waals surface area contributed by atoms with Gasteiger partial charge in [-0.3, -0.25) is 9.59 Å². The molecule has 0 aromatic heterocycles. The molecule has 2 atom stereocenters. The molecule has 0 spiro atoms. The van der Waals surface area contributed by atoms with Crippen molar-refractivity contribution in [1.29, 1.82) is 0 Å². The second kappa shape index (κ2) is 7.62. The first-order chi connectivity index (χ1) is 11.0. The topological polar surface area (TPSA) is 66.4 Å². The minimum Gasteiger partial charge on any atom is -0.481 e. The van der Waals surface area contributed by atoms with Crippen molar-refractivity contribution in [3.63, 3.8) is 0 Å². The molecule has 1 aromatic rings. The number of carbonyl (C=O) groups excluding carboxylic acids is 1. The van der Waals surface area contributed by atoms with Gasteiger partial charge in [0.2, 0.25) is 5.91 Å². The Bertz CT molecular complexity index is 537. The van der Waals surface area contributed by atoms with E-state index >= 15 is 0 Å². The van der Waals surface area contributed by atoms with Crippen molar-refractivity contribution in [1.82, 2.24) is 5.32 Å². The zero-order valence-electron chi connectivity index (χ0n) is 14.0. The van der Waals surface area contributed by atoms with Gasteiger partial charge in [0, 0.05) is 17.9 Å². The van der Waals surface area contributed by atoms with Gasteiger partial charge in [0.1, 0.15) is 0 Å². The molecule has 0 saturated heterocycles. The Morgan fingerprint density at radius 3 is 2.26 bits per heavy atom. The van der Waals surface area contributed by atoms with E-state index in [1.165, 1.54) is 5.56 Å². The summed E-state index contributed by atoms with van der Waals surface area (Å²) in [5.41, 5.74) is 1.20. The van der Waals surface area contributed by atoms with Crippen LogP contribution in [-0.4, -0.2) is 23.5 Å². The van der Waals surface area contributed by atoms with Crippen LogP contribution in [0.15, 0.2) is 30.3 Å². The summed E-state index contributed by atoms with van der Waals surface area (Å²) in [6, 6.07) is 10.3. The zero-order chi connectivity index (χ0) is 16.9. The lowest BCUT2D eigenvalue weighted by Gasteiger charge is -2.33. The van der Waals surface area contributed by atoms with Crippen LogP contribution in [-0.2, 0) is 15.0 Å². The molecule has 0 aliphatic heterocycles. The minimum absolute atomic E-state index is 0.0101. The number of rotatable bonds is 7.